The van der Waals surface area contributed by atoms with Crippen LogP contribution in [0, 0.1) is 0 Å². The number of hydrogen-bond acceptors (Lipinski definition) is 6. The second kappa shape index (κ2) is 7.09. The second-order valence-corrected chi connectivity index (χ2v) is 6.19. The van der Waals surface area contributed by atoms with E-state index in [0.717, 1.165) is 0 Å². The zero-order valence-electron chi connectivity index (χ0n) is 12.9. The summed E-state index contributed by atoms with van der Waals surface area (Å²) in [5.41, 5.74) is 0. The van der Waals surface area contributed by atoms with Gasteiger partial charge in [0.25, 0.3) is 0 Å². The lowest BCUT2D eigenvalue weighted by Gasteiger charge is -2.32. The second-order valence-electron chi connectivity index (χ2n) is 5.37. The Hall–Kier alpha value is -0.340. The van der Waals surface area contributed by atoms with E-state index < -0.39 is 24.2 Å². The smallest absolute Gasteiger partial charge is 0.217 e. The minimum atomic E-state index is -0.741. The van der Waals surface area contributed by atoms with Crippen LogP contribution in [-0.2, 0) is 23.7 Å². The predicted molar refractivity (Wildman–Crippen MR) is 77.7 cm³/mol. The van der Waals surface area contributed by atoms with Gasteiger partial charge in [0.1, 0.15) is 18.2 Å². The van der Waals surface area contributed by atoms with Gasteiger partial charge in [0.05, 0.1) is 0 Å². The van der Waals surface area contributed by atoms with E-state index in [1.165, 1.54) is 21.1 Å². The molecule has 1 heterocycles. The van der Waals surface area contributed by atoms with Gasteiger partial charge in [0, 0.05) is 26.4 Å². The third kappa shape index (κ3) is 4.33. The van der Waals surface area contributed by atoms with Crippen LogP contribution < -0.4 is 5.32 Å². The summed E-state index contributed by atoms with van der Waals surface area (Å²) >= 11 is 4.44. The van der Waals surface area contributed by atoms with Crippen molar-refractivity contribution in [1.82, 2.24) is 5.32 Å². The minimum Gasteiger partial charge on any atom is -0.354 e. The topological polar surface area (TPSA) is 66.0 Å². The molecule has 0 spiro atoms. The molecule has 7 heteroatoms. The van der Waals surface area contributed by atoms with Crippen molar-refractivity contribution in [3.8, 4) is 0 Å². The lowest BCUT2D eigenvalue weighted by Crippen LogP contribution is -2.56. The molecule has 1 fully saturated rings. The molecule has 6 nitrogen and oxygen atoms in total. The summed E-state index contributed by atoms with van der Waals surface area (Å²) in [5, 5.41) is 2.76. The normalized spacial score (nSPS) is 28.4. The quantitative estimate of drug-likeness (QED) is 0.565. The maximum atomic E-state index is 11.4. The van der Waals surface area contributed by atoms with E-state index in [0.29, 0.717) is 0 Å². The molecule has 20 heavy (non-hydrogen) atoms. The first-order valence-electron chi connectivity index (χ1n) is 6.58. The van der Waals surface area contributed by atoms with Gasteiger partial charge < -0.3 is 24.3 Å². The summed E-state index contributed by atoms with van der Waals surface area (Å²) in [5.74, 6) is -0.928. The van der Waals surface area contributed by atoms with E-state index in [-0.39, 0.29) is 17.3 Å². The Balaban J connectivity index is 3.00. The van der Waals surface area contributed by atoms with Crippen LogP contribution in [0.1, 0.15) is 27.7 Å². The standard InChI is InChI=1S/C13H25NO5S/c1-7(20)10-11(19-13(3,4)18-10)9(14-8(2)15)12(16-5)17-6/h7,9-12,20H,1-6H3,(H,14,15)/t7-,9+,10+,11+/m0/s1. The molecule has 0 aliphatic carbocycles. The van der Waals surface area contributed by atoms with Crippen LogP contribution in [0.15, 0.2) is 0 Å². The molecule has 0 bridgehead atoms. The molecule has 0 aromatic rings. The number of ether oxygens (including phenoxy) is 4. The summed E-state index contributed by atoms with van der Waals surface area (Å²) < 4.78 is 22.3. The molecule has 1 aliphatic heterocycles. The molecule has 0 radical (unpaired) electrons. The van der Waals surface area contributed by atoms with Crippen molar-refractivity contribution in [2.45, 2.75) is 63.3 Å². The fraction of sp³-hybridized carbons (Fsp3) is 0.923. The van der Waals surface area contributed by atoms with Gasteiger partial charge in [0.2, 0.25) is 5.91 Å². The first-order chi connectivity index (χ1) is 9.21. The van der Waals surface area contributed by atoms with Gasteiger partial charge in [-0.2, -0.15) is 12.6 Å². The first-order valence-corrected chi connectivity index (χ1v) is 7.10. The number of amides is 1. The molecule has 0 aromatic carbocycles. The summed E-state index contributed by atoms with van der Waals surface area (Å²) in [6.45, 7) is 7.02. The van der Waals surface area contributed by atoms with E-state index in [4.69, 9.17) is 18.9 Å². The van der Waals surface area contributed by atoms with Gasteiger partial charge in [-0.15, -0.1) is 0 Å². The molecule has 0 unspecified atom stereocenters. The summed E-state index contributed by atoms with van der Waals surface area (Å²) in [7, 11) is 3.03. The number of methoxy groups -OCH3 is 2. The van der Waals surface area contributed by atoms with Crippen molar-refractivity contribution in [2.24, 2.45) is 0 Å². The summed E-state index contributed by atoms with van der Waals surface area (Å²) in [6, 6.07) is -0.483. The van der Waals surface area contributed by atoms with E-state index in [1.54, 1.807) is 0 Å². The Morgan fingerprint density at radius 1 is 1.25 bits per heavy atom. The highest BCUT2D eigenvalue weighted by molar-refractivity contribution is 7.81. The Bertz CT molecular complexity index is 333. The number of thiol groups is 1. The van der Waals surface area contributed by atoms with Gasteiger partial charge in [-0.1, -0.05) is 6.92 Å². The SMILES string of the molecule is COC(OC)[C@H](NC(C)=O)[C@H]1OC(C)(C)O[C@@H]1[C@H](C)S. The summed E-state index contributed by atoms with van der Waals surface area (Å²) in [6.07, 6.45) is -1.32. The fourth-order valence-corrected chi connectivity index (χ4v) is 2.63. The van der Waals surface area contributed by atoms with Crippen LogP contribution in [0.2, 0.25) is 0 Å². The molecule has 1 saturated heterocycles. The third-order valence-electron chi connectivity index (χ3n) is 3.12. The number of carbonyl (C=O) groups is 1. The van der Waals surface area contributed by atoms with Crippen molar-refractivity contribution in [2.75, 3.05) is 14.2 Å². The highest BCUT2D eigenvalue weighted by atomic mass is 32.1. The monoisotopic (exact) mass is 307 g/mol. The molecule has 1 amide bonds. The summed E-state index contributed by atoms with van der Waals surface area (Å²) in [4.78, 5) is 11.4. The van der Waals surface area contributed by atoms with Crippen molar-refractivity contribution in [3.63, 3.8) is 0 Å². The number of nitrogens with one attached hydrogen (secondary N) is 1. The Kier molecular flexibility index (Phi) is 6.27. The highest BCUT2D eigenvalue weighted by Crippen LogP contribution is 2.34. The van der Waals surface area contributed by atoms with Crippen LogP contribution in [-0.4, -0.2) is 55.7 Å². The van der Waals surface area contributed by atoms with Crippen LogP contribution >= 0.6 is 12.6 Å². The van der Waals surface area contributed by atoms with Crippen LogP contribution in [0.25, 0.3) is 0 Å². The molecule has 1 aliphatic rings. The van der Waals surface area contributed by atoms with Gasteiger partial charge in [-0.05, 0) is 13.8 Å². The van der Waals surface area contributed by atoms with E-state index in [1.807, 2.05) is 20.8 Å². The fourth-order valence-electron chi connectivity index (χ4n) is 2.40. The molecule has 1 rings (SSSR count). The maximum Gasteiger partial charge on any atom is 0.217 e. The molecule has 4 atom stereocenters. The average Bonchev–Trinajstić information content (AvgIpc) is 2.65. The van der Waals surface area contributed by atoms with Crippen molar-refractivity contribution in [3.05, 3.63) is 0 Å². The maximum absolute atomic E-state index is 11.4. The van der Waals surface area contributed by atoms with Gasteiger partial charge >= 0.3 is 0 Å². The molecule has 1 N–H and O–H groups in total. The van der Waals surface area contributed by atoms with Crippen molar-refractivity contribution < 1.29 is 23.7 Å². The Morgan fingerprint density at radius 2 is 1.75 bits per heavy atom. The lowest BCUT2D eigenvalue weighted by atomic mass is 10.0. The van der Waals surface area contributed by atoms with Crippen LogP contribution in [0.5, 0.6) is 0 Å². The van der Waals surface area contributed by atoms with Crippen molar-refractivity contribution >= 4 is 18.5 Å². The largest absolute Gasteiger partial charge is 0.354 e. The van der Waals surface area contributed by atoms with E-state index >= 15 is 0 Å². The highest BCUT2D eigenvalue weighted by Gasteiger charge is 2.49. The molecular weight excluding hydrogens is 282 g/mol. The molecular formula is C13H25NO5S. The average molecular weight is 307 g/mol. The predicted octanol–water partition coefficient (Wildman–Crippen LogP) is 0.948. The lowest BCUT2D eigenvalue weighted by molar-refractivity contribution is -0.175. The van der Waals surface area contributed by atoms with Gasteiger partial charge in [-0.25, -0.2) is 0 Å². The number of hydrogen-bond donors (Lipinski definition) is 2. The Morgan fingerprint density at radius 3 is 2.15 bits per heavy atom. The number of rotatable bonds is 6. The molecule has 118 valence electrons. The zero-order valence-corrected chi connectivity index (χ0v) is 13.8. The first kappa shape index (κ1) is 17.7. The third-order valence-corrected chi connectivity index (χ3v) is 3.41. The number of carbonyl (C=O) groups excluding carboxylic acids is 1. The van der Waals surface area contributed by atoms with Gasteiger partial charge in [0.15, 0.2) is 12.1 Å². The Labute approximate surface area is 125 Å². The van der Waals surface area contributed by atoms with Crippen LogP contribution in [0.3, 0.4) is 0 Å². The van der Waals surface area contributed by atoms with E-state index in [2.05, 4.69) is 17.9 Å². The molecule has 0 aromatic heterocycles. The molecule has 0 saturated carbocycles. The minimum absolute atomic E-state index is 0.0626. The zero-order chi connectivity index (χ0) is 15.5. The van der Waals surface area contributed by atoms with Gasteiger partial charge in [-0.3, -0.25) is 4.79 Å². The van der Waals surface area contributed by atoms with E-state index in [9.17, 15) is 4.79 Å². The van der Waals surface area contributed by atoms with Crippen molar-refractivity contribution in [1.29, 1.82) is 0 Å². The van der Waals surface area contributed by atoms with Crippen LogP contribution in [0.4, 0.5) is 0 Å².